The van der Waals surface area contributed by atoms with E-state index >= 15 is 0 Å². The lowest BCUT2D eigenvalue weighted by atomic mass is 9.85. The van der Waals surface area contributed by atoms with E-state index < -0.39 is 36.2 Å². The summed E-state index contributed by atoms with van der Waals surface area (Å²) in [5.74, 6) is -1.17. The number of alkyl carbamates (subject to hydrolysis) is 1. The summed E-state index contributed by atoms with van der Waals surface area (Å²) in [6, 6.07) is -0.529. The van der Waals surface area contributed by atoms with E-state index in [-0.39, 0.29) is 11.6 Å². The molecule has 0 saturated heterocycles. The molecule has 0 spiro atoms. The van der Waals surface area contributed by atoms with Crippen LogP contribution in [0.2, 0.25) is 0 Å². The number of carbonyl (C=O) groups excluding carboxylic acids is 2. The maximum absolute atomic E-state index is 12.3. The molecule has 3 N–H and O–H groups in total. The van der Waals surface area contributed by atoms with Crippen LogP contribution in [0.15, 0.2) is 10.7 Å². The third-order valence-corrected chi connectivity index (χ3v) is 4.44. The van der Waals surface area contributed by atoms with Gasteiger partial charge in [-0.3, -0.25) is 9.59 Å². The van der Waals surface area contributed by atoms with Crippen LogP contribution in [-0.4, -0.2) is 40.2 Å². The highest BCUT2D eigenvalue weighted by molar-refractivity contribution is 5.93. The first kappa shape index (κ1) is 21.7. The maximum atomic E-state index is 12.3. The fourth-order valence-corrected chi connectivity index (χ4v) is 3.23. The second-order valence-electron chi connectivity index (χ2n) is 8.09. The molecular weight excluding hydrogens is 366 g/mol. The van der Waals surface area contributed by atoms with Crippen LogP contribution in [0.5, 0.6) is 0 Å². The number of aromatic nitrogens is 1. The van der Waals surface area contributed by atoms with E-state index in [0.717, 1.165) is 31.9 Å². The van der Waals surface area contributed by atoms with Crippen molar-refractivity contribution in [1.29, 1.82) is 0 Å². The zero-order valence-electron chi connectivity index (χ0n) is 16.6. The van der Waals surface area contributed by atoms with Gasteiger partial charge in [-0.2, -0.15) is 0 Å². The Labute approximate surface area is 164 Å². The zero-order valence-corrected chi connectivity index (χ0v) is 16.6. The molecule has 0 bridgehead atoms. The van der Waals surface area contributed by atoms with Gasteiger partial charge in [0, 0.05) is 0 Å². The topological polar surface area (TPSA) is 131 Å². The van der Waals surface area contributed by atoms with Gasteiger partial charge in [0.15, 0.2) is 5.69 Å². The number of nitrogens with zero attached hydrogens (tertiary/aromatic N) is 1. The van der Waals surface area contributed by atoms with Crippen LogP contribution in [0.25, 0.3) is 0 Å². The average Bonchev–Trinajstić information content (AvgIpc) is 3.08. The Kier molecular flexibility index (Phi) is 7.42. The van der Waals surface area contributed by atoms with Gasteiger partial charge in [0.05, 0.1) is 0 Å². The van der Waals surface area contributed by atoms with E-state index in [0.29, 0.717) is 12.3 Å². The highest BCUT2D eigenvalue weighted by atomic mass is 16.6. The predicted molar refractivity (Wildman–Crippen MR) is 99.8 cm³/mol. The number of hydrogen-bond acceptors (Lipinski definition) is 6. The third kappa shape index (κ3) is 7.21. The standard InChI is InChI=1S/C19H29N3O6/c1-19(2,3)28-18(26)22-13(9-12-7-5-4-6-8-12)17-21-14(11-27-17)16(25)20-10-15(23)24/h11-13H,4-10H2,1-3H3,(H,20,25)(H,22,26)(H,23,24)/t13-/m0/s1. The molecular formula is C19H29N3O6. The van der Waals surface area contributed by atoms with Crippen molar-refractivity contribution in [1.82, 2.24) is 15.6 Å². The van der Waals surface area contributed by atoms with Gasteiger partial charge in [-0.15, -0.1) is 0 Å². The van der Waals surface area contributed by atoms with Crippen molar-refractivity contribution in [2.45, 2.75) is 70.9 Å². The molecule has 1 aromatic rings. The van der Waals surface area contributed by atoms with Gasteiger partial charge in [-0.1, -0.05) is 32.1 Å². The number of nitrogens with one attached hydrogen (secondary N) is 2. The molecule has 2 amide bonds. The minimum atomic E-state index is -1.15. The van der Waals surface area contributed by atoms with E-state index in [2.05, 4.69) is 15.6 Å². The minimum Gasteiger partial charge on any atom is -0.480 e. The second-order valence-corrected chi connectivity index (χ2v) is 8.09. The molecule has 1 heterocycles. The normalized spacial score (nSPS) is 16.2. The summed E-state index contributed by atoms with van der Waals surface area (Å²) in [4.78, 5) is 39.0. The Morgan fingerprint density at radius 1 is 1.29 bits per heavy atom. The Hall–Kier alpha value is -2.58. The first-order chi connectivity index (χ1) is 13.1. The lowest BCUT2D eigenvalue weighted by molar-refractivity contribution is -0.135. The average molecular weight is 395 g/mol. The molecule has 1 aliphatic carbocycles. The summed E-state index contributed by atoms with van der Waals surface area (Å²) >= 11 is 0. The molecule has 156 valence electrons. The fraction of sp³-hybridized carbons (Fsp3) is 0.684. The zero-order chi connectivity index (χ0) is 20.7. The van der Waals surface area contributed by atoms with Crippen LogP contribution in [0.1, 0.15) is 81.7 Å². The van der Waals surface area contributed by atoms with Gasteiger partial charge in [0.1, 0.15) is 24.5 Å². The Balaban J connectivity index is 2.10. The number of carboxylic acids is 1. The SMILES string of the molecule is CC(C)(C)OC(=O)N[C@@H](CC1CCCCC1)c1nc(C(=O)NCC(=O)O)co1. The Bertz CT molecular complexity index is 688. The van der Waals surface area contributed by atoms with Crippen molar-refractivity contribution in [3.8, 4) is 0 Å². The predicted octanol–water partition coefficient (Wildman–Crippen LogP) is 3.03. The minimum absolute atomic E-state index is 0.0316. The quantitative estimate of drug-likeness (QED) is 0.647. The summed E-state index contributed by atoms with van der Waals surface area (Å²) in [6.07, 6.45) is 6.87. The molecule has 0 aromatic carbocycles. The summed E-state index contributed by atoms with van der Waals surface area (Å²) in [7, 11) is 0. The largest absolute Gasteiger partial charge is 0.480 e. The van der Waals surface area contributed by atoms with Gasteiger partial charge in [0.25, 0.3) is 5.91 Å². The molecule has 2 rings (SSSR count). The van der Waals surface area contributed by atoms with Crippen molar-refractivity contribution >= 4 is 18.0 Å². The van der Waals surface area contributed by atoms with Crippen LogP contribution in [0.3, 0.4) is 0 Å². The number of rotatable bonds is 7. The molecule has 0 radical (unpaired) electrons. The Morgan fingerprint density at radius 2 is 1.96 bits per heavy atom. The molecule has 1 aliphatic rings. The second kappa shape index (κ2) is 9.57. The number of carboxylic acid groups (broad SMARTS) is 1. The van der Waals surface area contributed by atoms with Crippen molar-refractivity contribution in [2.75, 3.05) is 6.54 Å². The van der Waals surface area contributed by atoms with E-state index in [1.165, 1.54) is 6.42 Å². The van der Waals surface area contributed by atoms with Gasteiger partial charge < -0.3 is 24.9 Å². The Morgan fingerprint density at radius 3 is 2.57 bits per heavy atom. The fourth-order valence-electron chi connectivity index (χ4n) is 3.23. The molecule has 0 aliphatic heterocycles. The van der Waals surface area contributed by atoms with Crippen molar-refractivity contribution in [3.63, 3.8) is 0 Å². The molecule has 1 atom stereocenters. The maximum Gasteiger partial charge on any atom is 0.408 e. The van der Waals surface area contributed by atoms with Crippen molar-refractivity contribution in [3.05, 3.63) is 17.8 Å². The van der Waals surface area contributed by atoms with Gasteiger partial charge in [-0.05, 0) is 33.1 Å². The highest BCUT2D eigenvalue weighted by Crippen LogP contribution is 2.32. The summed E-state index contributed by atoms with van der Waals surface area (Å²) < 4.78 is 10.8. The van der Waals surface area contributed by atoms with E-state index in [4.69, 9.17) is 14.3 Å². The highest BCUT2D eigenvalue weighted by Gasteiger charge is 2.28. The van der Waals surface area contributed by atoms with Crippen LogP contribution >= 0.6 is 0 Å². The number of hydrogen-bond donors (Lipinski definition) is 3. The molecule has 1 aromatic heterocycles. The number of amides is 2. The van der Waals surface area contributed by atoms with Crippen LogP contribution in [0.4, 0.5) is 4.79 Å². The number of carbonyl (C=O) groups is 3. The van der Waals surface area contributed by atoms with Crippen LogP contribution in [-0.2, 0) is 9.53 Å². The number of aliphatic carboxylic acids is 1. The summed E-state index contributed by atoms with van der Waals surface area (Å²) in [5.41, 5.74) is -0.673. The molecule has 0 unspecified atom stereocenters. The van der Waals surface area contributed by atoms with Gasteiger partial charge in [0.2, 0.25) is 5.89 Å². The van der Waals surface area contributed by atoms with Crippen LogP contribution < -0.4 is 10.6 Å². The lowest BCUT2D eigenvalue weighted by Gasteiger charge is -2.27. The first-order valence-electron chi connectivity index (χ1n) is 9.59. The van der Waals surface area contributed by atoms with Gasteiger partial charge in [-0.25, -0.2) is 9.78 Å². The monoisotopic (exact) mass is 395 g/mol. The van der Waals surface area contributed by atoms with Crippen LogP contribution in [0, 0.1) is 5.92 Å². The van der Waals surface area contributed by atoms with Crippen molar-refractivity contribution in [2.24, 2.45) is 5.92 Å². The van der Waals surface area contributed by atoms with Crippen molar-refractivity contribution < 1.29 is 28.6 Å². The number of ether oxygens (including phenoxy) is 1. The van der Waals surface area contributed by atoms with Gasteiger partial charge >= 0.3 is 12.1 Å². The first-order valence-corrected chi connectivity index (χ1v) is 9.59. The molecule has 9 heteroatoms. The van der Waals surface area contributed by atoms with E-state index in [1.807, 2.05) is 0 Å². The van der Waals surface area contributed by atoms with E-state index in [1.54, 1.807) is 20.8 Å². The molecule has 1 fully saturated rings. The smallest absolute Gasteiger partial charge is 0.408 e. The molecule has 9 nitrogen and oxygen atoms in total. The third-order valence-electron chi connectivity index (χ3n) is 4.44. The summed E-state index contributed by atoms with van der Waals surface area (Å²) in [6.45, 7) is 4.82. The molecule has 28 heavy (non-hydrogen) atoms. The van der Waals surface area contributed by atoms with E-state index in [9.17, 15) is 14.4 Å². The number of oxazole rings is 1. The lowest BCUT2D eigenvalue weighted by Crippen LogP contribution is -2.36. The summed E-state index contributed by atoms with van der Waals surface area (Å²) in [5, 5.41) is 13.7. The molecule has 1 saturated carbocycles.